The molecule has 142 valence electrons. The molecule has 0 radical (unpaired) electrons. The van der Waals surface area contributed by atoms with Gasteiger partial charge < -0.3 is 4.74 Å². The quantitative estimate of drug-likeness (QED) is 0.463. The van der Waals surface area contributed by atoms with Gasteiger partial charge >= 0.3 is 5.97 Å². The summed E-state index contributed by atoms with van der Waals surface area (Å²) in [5, 5.41) is 0. The Kier molecular flexibility index (Phi) is 8.48. The molecule has 6 heteroatoms. The zero-order valence-electron chi connectivity index (χ0n) is 15.6. The van der Waals surface area contributed by atoms with Crippen molar-refractivity contribution in [2.24, 2.45) is 5.92 Å². The van der Waals surface area contributed by atoms with Crippen molar-refractivity contribution in [3.63, 3.8) is 0 Å². The van der Waals surface area contributed by atoms with E-state index in [1.807, 2.05) is 6.92 Å². The molecule has 0 aromatic heterocycles. The number of ether oxygens (including phenoxy) is 1. The number of carbonyl (C=O) groups excluding carboxylic acids is 1. The Labute approximate surface area is 156 Å². The molecule has 5 nitrogen and oxygen atoms in total. The summed E-state index contributed by atoms with van der Waals surface area (Å²) in [7, 11) is -2.55. The lowest BCUT2D eigenvalue weighted by Gasteiger charge is -2.32. The van der Waals surface area contributed by atoms with Gasteiger partial charge in [-0.25, -0.2) is 8.42 Å². The van der Waals surface area contributed by atoms with E-state index >= 15 is 0 Å². The lowest BCUT2D eigenvalue weighted by Crippen LogP contribution is -2.46. The average Bonchev–Trinajstić information content (AvgIpc) is 2.62. The number of nitrogens with zero attached hydrogens (tertiary/aromatic N) is 1. The third-order valence-electron chi connectivity index (χ3n) is 4.00. The van der Waals surface area contributed by atoms with Crippen LogP contribution in [0.4, 0.5) is 0 Å². The molecule has 0 aliphatic heterocycles. The van der Waals surface area contributed by atoms with Crippen LogP contribution in [0.15, 0.2) is 66.6 Å². The van der Waals surface area contributed by atoms with Gasteiger partial charge in [-0.15, -0.1) is 13.2 Å². The second-order valence-electron chi connectivity index (χ2n) is 5.85. The van der Waals surface area contributed by atoms with E-state index in [1.165, 1.54) is 17.5 Å². The van der Waals surface area contributed by atoms with E-state index in [-0.39, 0.29) is 11.4 Å². The Balaban J connectivity index is 3.48. The van der Waals surface area contributed by atoms with Crippen molar-refractivity contribution in [3.05, 3.63) is 67.3 Å². The predicted octanol–water partition coefficient (Wildman–Crippen LogP) is 3.48. The van der Waals surface area contributed by atoms with E-state index in [0.29, 0.717) is 6.42 Å². The van der Waals surface area contributed by atoms with Crippen molar-refractivity contribution in [3.8, 4) is 0 Å². The molecule has 1 rings (SSSR count). The summed E-state index contributed by atoms with van der Waals surface area (Å²) in [6.45, 7) is 11.1. The third-order valence-corrected chi connectivity index (χ3v) is 5.87. The van der Waals surface area contributed by atoms with Gasteiger partial charge in [0.05, 0.1) is 24.0 Å². The minimum Gasteiger partial charge on any atom is -0.469 e. The molecular weight excluding hydrogens is 350 g/mol. The van der Waals surface area contributed by atoms with Crippen LogP contribution in [0.25, 0.3) is 0 Å². The first-order valence-electron chi connectivity index (χ1n) is 8.34. The van der Waals surface area contributed by atoms with E-state index in [1.54, 1.807) is 49.4 Å². The summed E-state index contributed by atoms with van der Waals surface area (Å²) < 4.78 is 32.6. The lowest BCUT2D eigenvalue weighted by atomic mass is 9.95. The second kappa shape index (κ2) is 10.1. The summed E-state index contributed by atoms with van der Waals surface area (Å²) in [4.78, 5) is 12.5. The van der Waals surface area contributed by atoms with E-state index in [4.69, 9.17) is 4.74 Å². The molecule has 0 N–H and O–H groups in total. The maximum atomic E-state index is 13.2. The third kappa shape index (κ3) is 5.16. The zero-order chi connectivity index (χ0) is 19.7. The SMILES string of the molecule is C=CC[C@@H](C(=O)OC)[C@@H](/C=C/C)N(CC=C)S(=O)(=O)c1ccc(C)cc1. The number of hydrogen-bond acceptors (Lipinski definition) is 4. The molecule has 1 aromatic carbocycles. The van der Waals surface area contributed by atoms with E-state index < -0.39 is 28.0 Å². The Morgan fingerprint density at radius 1 is 1.23 bits per heavy atom. The molecular formula is C20H27NO4S. The first kappa shape index (κ1) is 21.9. The lowest BCUT2D eigenvalue weighted by molar-refractivity contribution is -0.146. The first-order chi connectivity index (χ1) is 12.3. The highest BCUT2D eigenvalue weighted by molar-refractivity contribution is 7.89. The van der Waals surface area contributed by atoms with Crippen molar-refractivity contribution in [1.82, 2.24) is 4.31 Å². The van der Waals surface area contributed by atoms with Gasteiger partial charge in [0.2, 0.25) is 10.0 Å². The molecule has 0 bridgehead atoms. The molecule has 0 heterocycles. The summed E-state index contributed by atoms with van der Waals surface area (Å²) >= 11 is 0. The smallest absolute Gasteiger partial charge is 0.310 e. The van der Waals surface area contributed by atoms with E-state index in [0.717, 1.165) is 5.56 Å². The average molecular weight is 378 g/mol. The van der Waals surface area contributed by atoms with Gasteiger partial charge in [0.1, 0.15) is 0 Å². The van der Waals surface area contributed by atoms with Gasteiger partial charge in [-0.05, 0) is 32.4 Å². The van der Waals surface area contributed by atoms with Crippen LogP contribution >= 0.6 is 0 Å². The fourth-order valence-corrected chi connectivity index (χ4v) is 4.28. The minimum atomic E-state index is -3.84. The summed E-state index contributed by atoms with van der Waals surface area (Å²) in [6, 6.07) is 5.90. The van der Waals surface area contributed by atoms with Gasteiger partial charge in [0.25, 0.3) is 0 Å². The van der Waals surface area contributed by atoms with E-state index in [2.05, 4.69) is 13.2 Å². The highest BCUT2D eigenvalue weighted by Crippen LogP contribution is 2.26. The second-order valence-corrected chi connectivity index (χ2v) is 7.74. The van der Waals surface area contributed by atoms with Gasteiger partial charge in [0, 0.05) is 6.54 Å². The summed E-state index contributed by atoms with van der Waals surface area (Å²) in [5.41, 5.74) is 0.961. The molecule has 2 atom stereocenters. The van der Waals surface area contributed by atoms with Crippen LogP contribution in [0, 0.1) is 12.8 Å². The van der Waals surface area contributed by atoms with Crippen molar-refractivity contribution >= 4 is 16.0 Å². The van der Waals surface area contributed by atoms with Gasteiger partial charge in [0.15, 0.2) is 0 Å². The molecule has 1 aromatic rings. The summed E-state index contributed by atoms with van der Waals surface area (Å²) in [6.07, 6.45) is 6.80. The topological polar surface area (TPSA) is 63.7 Å². The van der Waals surface area contributed by atoms with Crippen molar-refractivity contribution in [2.45, 2.75) is 31.2 Å². The van der Waals surface area contributed by atoms with Crippen LogP contribution in [0.1, 0.15) is 18.9 Å². The molecule has 0 aliphatic carbocycles. The number of hydrogen-bond donors (Lipinski definition) is 0. The number of rotatable bonds is 10. The van der Waals surface area contributed by atoms with Gasteiger partial charge in [-0.1, -0.05) is 42.0 Å². The molecule has 0 aliphatic rings. The number of methoxy groups -OCH3 is 1. The minimum absolute atomic E-state index is 0.0653. The molecule has 26 heavy (non-hydrogen) atoms. The van der Waals surface area contributed by atoms with Crippen LogP contribution in [-0.4, -0.2) is 38.4 Å². The monoisotopic (exact) mass is 377 g/mol. The van der Waals surface area contributed by atoms with Crippen LogP contribution in [0.3, 0.4) is 0 Å². The van der Waals surface area contributed by atoms with Crippen LogP contribution in [0.5, 0.6) is 0 Å². The standard InChI is InChI=1S/C20H27NO4S/c1-6-9-18(20(22)25-5)19(10-7-2)21(15-8-3)26(23,24)17-13-11-16(4)12-14-17/h6-8,10-14,18-19H,1,3,9,15H2,2,4-5H3/b10-7+/t18-,19-/m1/s1. The Morgan fingerprint density at radius 2 is 1.85 bits per heavy atom. The highest BCUT2D eigenvalue weighted by atomic mass is 32.2. The van der Waals surface area contributed by atoms with E-state index in [9.17, 15) is 13.2 Å². The Bertz CT molecular complexity index is 751. The fourth-order valence-electron chi connectivity index (χ4n) is 2.69. The largest absolute Gasteiger partial charge is 0.469 e. The number of esters is 1. The Hall–Kier alpha value is -2.18. The van der Waals surface area contributed by atoms with Crippen molar-refractivity contribution in [1.29, 1.82) is 0 Å². The molecule has 0 amide bonds. The van der Waals surface area contributed by atoms with Gasteiger partial charge in [-0.3, -0.25) is 4.79 Å². The van der Waals surface area contributed by atoms with Crippen LogP contribution in [0.2, 0.25) is 0 Å². The number of benzene rings is 1. The number of allylic oxidation sites excluding steroid dienone is 2. The molecule has 0 spiro atoms. The van der Waals surface area contributed by atoms with Crippen molar-refractivity contribution < 1.29 is 17.9 Å². The van der Waals surface area contributed by atoms with Crippen LogP contribution in [-0.2, 0) is 19.6 Å². The first-order valence-corrected chi connectivity index (χ1v) is 9.78. The molecule has 0 saturated carbocycles. The predicted molar refractivity (Wildman–Crippen MR) is 104 cm³/mol. The number of sulfonamides is 1. The normalized spacial score (nSPS) is 14.2. The number of aryl methyl sites for hydroxylation is 1. The van der Waals surface area contributed by atoms with Gasteiger partial charge in [-0.2, -0.15) is 4.31 Å². The summed E-state index contributed by atoms with van der Waals surface area (Å²) in [5.74, 6) is -1.19. The highest BCUT2D eigenvalue weighted by Gasteiger charge is 2.37. The molecule has 0 saturated heterocycles. The molecule has 0 fully saturated rings. The molecule has 0 unspecified atom stereocenters. The maximum Gasteiger partial charge on any atom is 0.310 e. The maximum absolute atomic E-state index is 13.2. The Morgan fingerprint density at radius 3 is 2.31 bits per heavy atom. The van der Waals surface area contributed by atoms with Crippen molar-refractivity contribution in [2.75, 3.05) is 13.7 Å². The van der Waals surface area contributed by atoms with Crippen LogP contribution < -0.4 is 0 Å². The zero-order valence-corrected chi connectivity index (χ0v) is 16.4. The number of carbonyl (C=O) groups is 1. The fraction of sp³-hybridized carbons (Fsp3) is 0.350.